The summed E-state index contributed by atoms with van der Waals surface area (Å²) in [4.78, 5) is 10.4. The third-order valence-corrected chi connectivity index (χ3v) is 4.81. The van der Waals surface area contributed by atoms with Crippen molar-refractivity contribution in [3.8, 4) is 5.75 Å². The molecule has 0 heterocycles. The van der Waals surface area contributed by atoms with E-state index in [0.29, 0.717) is 5.56 Å². The van der Waals surface area contributed by atoms with Crippen LogP contribution in [0.25, 0.3) is 0 Å². The quantitative estimate of drug-likeness (QED) is 0.658. The average Bonchev–Trinajstić information content (AvgIpc) is 2.58. The van der Waals surface area contributed by atoms with Gasteiger partial charge in [-0.1, -0.05) is 30.3 Å². The Labute approximate surface area is 152 Å². The van der Waals surface area contributed by atoms with E-state index in [-0.39, 0.29) is 11.4 Å². The fourth-order valence-corrected chi connectivity index (χ4v) is 3.40. The minimum atomic E-state index is -4.89. The topological polar surface area (TPSA) is 105 Å². The number of ether oxygens (including phenoxy) is 1. The molecule has 0 bridgehead atoms. The van der Waals surface area contributed by atoms with Crippen molar-refractivity contribution in [3.05, 3.63) is 60.2 Å². The maximum atomic E-state index is 12.5. The summed E-state index contributed by atoms with van der Waals surface area (Å²) in [5.74, 6) is -0.561. The molecule has 7 nitrogen and oxygen atoms in total. The molecule has 11 heteroatoms. The molecule has 0 fully saturated rings. The largest absolute Gasteiger partial charge is 0.573 e. The van der Waals surface area contributed by atoms with Crippen molar-refractivity contribution in [1.29, 1.82) is 0 Å². The second kappa shape index (κ2) is 8.27. The number of nitrogens with one attached hydrogen (secondary N) is 2. The van der Waals surface area contributed by atoms with Crippen molar-refractivity contribution in [2.75, 3.05) is 6.54 Å². The van der Waals surface area contributed by atoms with Gasteiger partial charge in [-0.15, -0.1) is 13.2 Å². The number of hydrogen-bond donors (Lipinski definition) is 3. The lowest BCUT2D eigenvalue weighted by Gasteiger charge is -2.19. The molecule has 0 unspecified atom stereocenters. The number of carboxylic acid groups (broad SMARTS) is 1. The first-order chi connectivity index (χ1) is 12.6. The van der Waals surface area contributed by atoms with Crippen LogP contribution in [0.3, 0.4) is 0 Å². The van der Waals surface area contributed by atoms with Gasteiger partial charge in [0, 0.05) is 6.54 Å². The molecule has 0 saturated carbocycles. The van der Waals surface area contributed by atoms with Gasteiger partial charge in [0.2, 0.25) is 10.0 Å². The molecular formula is C16H15F3N2O5S. The zero-order chi connectivity index (χ0) is 20.1. The zero-order valence-electron chi connectivity index (χ0n) is 13.6. The zero-order valence-corrected chi connectivity index (χ0v) is 14.4. The summed E-state index contributed by atoms with van der Waals surface area (Å²) in [6.07, 6.45) is -6.22. The molecule has 27 heavy (non-hydrogen) atoms. The monoisotopic (exact) mass is 404 g/mol. The number of hydrogen-bond acceptors (Lipinski definition) is 4. The van der Waals surface area contributed by atoms with Crippen LogP contribution in [0.5, 0.6) is 5.75 Å². The molecule has 146 valence electrons. The maximum Gasteiger partial charge on any atom is 0.573 e. The van der Waals surface area contributed by atoms with Crippen molar-refractivity contribution in [2.45, 2.75) is 17.3 Å². The normalized spacial score (nSPS) is 13.0. The van der Waals surface area contributed by atoms with Crippen LogP contribution in [0, 0.1) is 0 Å². The lowest BCUT2D eigenvalue weighted by Crippen LogP contribution is -2.37. The molecule has 2 aromatic rings. The third kappa shape index (κ3) is 6.46. The number of alkyl halides is 3. The molecule has 0 aliphatic carbocycles. The molecule has 0 saturated heterocycles. The Morgan fingerprint density at radius 1 is 1.07 bits per heavy atom. The second-order valence-corrected chi connectivity index (χ2v) is 7.00. The maximum absolute atomic E-state index is 12.5. The van der Waals surface area contributed by atoms with Gasteiger partial charge in [0.05, 0.1) is 10.9 Å². The van der Waals surface area contributed by atoms with E-state index in [9.17, 15) is 26.4 Å². The molecule has 1 atom stereocenters. The first-order valence-corrected chi connectivity index (χ1v) is 8.95. The van der Waals surface area contributed by atoms with Gasteiger partial charge in [0.1, 0.15) is 5.75 Å². The van der Waals surface area contributed by atoms with Crippen molar-refractivity contribution in [3.63, 3.8) is 0 Å². The summed E-state index contributed by atoms with van der Waals surface area (Å²) in [6.45, 7) is -0.242. The number of halogens is 3. The third-order valence-electron chi connectivity index (χ3n) is 3.32. The summed E-state index contributed by atoms with van der Waals surface area (Å²) >= 11 is 0. The number of sulfonamides is 1. The smallest absolute Gasteiger partial charge is 0.465 e. The van der Waals surface area contributed by atoms with Crippen LogP contribution >= 0.6 is 0 Å². The highest BCUT2D eigenvalue weighted by molar-refractivity contribution is 7.89. The van der Waals surface area contributed by atoms with Crippen LogP contribution in [0.4, 0.5) is 18.0 Å². The van der Waals surface area contributed by atoms with Gasteiger partial charge < -0.3 is 15.2 Å². The molecule has 0 aliphatic heterocycles. The van der Waals surface area contributed by atoms with Gasteiger partial charge in [-0.25, -0.2) is 17.9 Å². The summed E-state index contributed by atoms with van der Waals surface area (Å²) in [5.41, 5.74) is 0.506. The van der Waals surface area contributed by atoms with Crippen molar-refractivity contribution in [2.24, 2.45) is 0 Å². The van der Waals surface area contributed by atoms with Crippen molar-refractivity contribution < 1.29 is 36.2 Å². The highest BCUT2D eigenvalue weighted by atomic mass is 32.2. The van der Waals surface area contributed by atoms with Crippen molar-refractivity contribution >= 4 is 16.1 Å². The first-order valence-electron chi connectivity index (χ1n) is 7.47. The fraction of sp³-hybridized carbons (Fsp3) is 0.188. The van der Waals surface area contributed by atoms with Crippen LogP contribution in [0.1, 0.15) is 11.6 Å². The molecule has 1 amide bonds. The second-order valence-electron chi connectivity index (χ2n) is 5.29. The van der Waals surface area contributed by atoms with Gasteiger partial charge >= 0.3 is 12.5 Å². The number of carbonyl (C=O) groups is 1. The highest BCUT2D eigenvalue weighted by Gasteiger charge is 2.31. The summed E-state index contributed by atoms with van der Waals surface area (Å²) in [7, 11) is -4.14. The Balaban J connectivity index is 2.21. The first kappa shape index (κ1) is 20.5. The van der Waals surface area contributed by atoms with Crippen molar-refractivity contribution in [1.82, 2.24) is 10.0 Å². The molecule has 0 aromatic heterocycles. The Morgan fingerprint density at radius 3 is 2.19 bits per heavy atom. The van der Waals surface area contributed by atoms with Crippen LogP contribution in [-0.4, -0.2) is 32.5 Å². The molecule has 0 spiro atoms. The van der Waals surface area contributed by atoms with Crippen LogP contribution in [0.2, 0.25) is 0 Å². The van der Waals surface area contributed by atoms with E-state index in [1.54, 1.807) is 30.3 Å². The molecule has 3 N–H and O–H groups in total. The molecule has 0 aliphatic rings. The summed E-state index contributed by atoms with van der Waals surface area (Å²) < 4.78 is 67.6. The summed E-state index contributed by atoms with van der Waals surface area (Å²) in [5, 5.41) is 10.9. The number of rotatable bonds is 7. The number of benzene rings is 2. The van der Waals surface area contributed by atoms with Crippen LogP contribution < -0.4 is 14.8 Å². The minimum Gasteiger partial charge on any atom is -0.465 e. The van der Waals surface area contributed by atoms with E-state index in [1.807, 2.05) is 0 Å². The Bertz CT molecular complexity index is 871. The van der Waals surface area contributed by atoms with E-state index in [0.717, 1.165) is 24.3 Å². The van der Waals surface area contributed by atoms with E-state index in [1.165, 1.54) is 0 Å². The summed E-state index contributed by atoms with van der Waals surface area (Å²) in [6, 6.07) is 11.0. The van der Waals surface area contributed by atoms with Crippen LogP contribution in [-0.2, 0) is 10.0 Å². The Morgan fingerprint density at radius 2 is 1.67 bits per heavy atom. The number of amides is 1. The van der Waals surface area contributed by atoms with E-state index < -0.39 is 34.3 Å². The van der Waals surface area contributed by atoms with E-state index in [2.05, 4.69) is 14.8 Å². The van der Waals surface area contributed by atoms with Gasteiger partial charge in [0.15, 0.2) is 0 Å². The molecular weight excluding hydrogens is 389 g/mol. The Kier molecular flexibility index (Phi) is 6.28. The van der Waals surface area contributed by atoms with Gasteiger partial charge in [0.25, 0.3) is 0 Å². The van der Waals surface area contributed by atoms with E-state index >= 15 is 0 Å². The minimum absolute atomic E-state index is 0.242. The molecule has 2 rings (SSSR count). The highest BCUT2D eigenvalue weighted by Crippen LogP contribution is 2.24. The standard InChI is InChI=1S/C16H15F3N2O5S/c17-16(18,19)26-12-6-8-13(9-7-12)27(24,25)21-14(10-20-15(22)23)11-4-2-1-3-5-11/h1-9,14,20-21H,10H2,(H,22,23)/t14-/m0/s1. The lowest BCUT2D eigenvalue weighted by molar-refractivity contribution is -0.274. The van der Waals surface area contributed by atoms with Crippen LogP contribution in [0.15, 0.2) is 59.5 Å². The molecule has 0 radical (unpaired) electrons. The predicted octanol–water partition coefficient (Wildman–Crippen LogP) is 2.87. The van der Waals surface area contributed by atoms with Gasteiger partial charge in [-0.3, -0.25) is 0 Å². The van der Waals surface area contributed by atoms with E-state index in [4.69, 9.17) is 5.11 Å². The van der Waals surface area contributed by atoms with Gasteiger partial charge in [-0.2, -0.15) is 0 Å². The fourth-order valence-electron chi connectivity index (χ4n) is 2.18. The Hall–Kier alpha value is -2.79. The van der Waals surface area contributed by atoms with Gasteiger partial charge in [-0.05, 0) is 29.8 Å². The lowest BCUT2D eigenvalue weighted by atomic mass is 10.1. The predicted molar refractivity (Wildman–Crippen MR) is 88.7 cm³/mol. The average molecular weight is 404 g/mol. The SMILES string of the molecule is O=C(O)NC[C@H](NS(=O)(=O)c1ccc(OC(F)(F)F)cc1)c1ccccc1. The molecule has 2 aromatic carbocycles.